The molecule has 2 N–H and O–H groups in total. The Morgan fingerprint density at radius 1 is 0.977 bits per heavy atom. The van der Waals surface area contributed by atoms with Gasteiger partial charge in [-0.1, -0.05) is 72.1 Å². The number of carbonyl (C=O) groups excluding carboxylic acids is 1. The molecule has 1 saturated carbocycles. The molecule has 1 amide bonds. The van der Waals surface area contributed by atoms with Gasteiger partial charge in [0.05, 0.1) is 24.5 Å². The summed E-state index contributed by atoms with van der Waals surface area (Å²) < 4.78 is 45.6. The molecule has 7 nitrogen and oxygen atoms in total. The summed E-state index contributed by atoms with van der Waals surface area (Å²) >= 11 is 0. The SMILES string of the molecule is CC(C)(C)CCCCCCCCCCCOCn1ccc2c3c(cnc21)C(=O)NCN3C1CCC(CNCC(F)(F)F)CC1. The van der Waals surface area contributed by atoms with Crippen molar-refractivity contribution in [2.75, 3.05) is 31.3 Å². The Labute approximate surface area is 261 Å². The molecule has 0 spiro atoms. The van der Waals surface area contributed by atoms with E-state index in [0.29, 0.717) is 37.5 Å². The van der Waals surface area contributed by atoms with Gasteiger partial charge in [-0.05, 0) is 62.5 Å². The lowest BCUT2D eigenvalue weighted by atomic mass is 9.84. The molecule has 0 bridgehead atoms. The van der Waals surface area contributed by atoms with E-state index in [9.17, 15) is 18.0 Å². The molecule has 44 heavy (non-hydrogen) atoms. The van der Waals surface area contributed by atoms with Crippen LogP contribution < -0.4 is 15.5 Å². The smallest absolute Gasteiger partial charge is 0.361 e. The van der Waals surface area contributed by atoms with Gasteiger partial charge in [0.25, 0.3) is 5.91 Å². The average molecular weight is 622 g/mol. The molecular formula is C34H54F3N5O2. The van der Waals surface area contributed by atoms with Crippen molar-refractivity contribution >= 4 is 22.6 Å². The zero-order valence-electron chi connectivity index (χ0n) is 27.1. The zero-order chi connectivity index (χ0) is 31.6. The lowest BCUT2D eigenvalue weighted by molar-refractivity contribution is -0.125. The van der Waals surface area contributed by atoms with Crippen LogP contribution in [0.25, 0.3) is 11.0 Å². The van der Waals surface area contributed by atoms with Crippen LogP contribution in [0.5, 0.6) is 0 Å². The molecule has 2 aromatic heterocycles. The number of rotatable bonds is 17. The van der Waals surface area contributed by atoms with E-state index in [1.54, 1.807) is 6.20 Å². The molecule has 10 heteroatoms. The number of amides is 1. The van der Waals surface area contributed by atoms with Gasteiger partial charge in [-0.3, -0.25) is 4.79 Å². The van der Waals surface area contributed by atoms with Gasteiger partial charge < -0.3 is 24.8 Å². The van der Waals surface area contributed by atoms with Crippen molar-refractivity contribution in [1.29, 1.82) is 0 Å². The number of nitrogens with one attached hydrogen (secondary N) is 2. The number of ether oxygens (including phenoxy) is 1. The first kappa shape index (κ1) is 34.5. The van der Waals surface area contributed by atoms with E-state index >= 15 is 0 Å². The van der Waals surface area contributed by atoms with Crippen molar-refractivity contribution < 1.29 is 22.7 Å². The highest BCUT2D eigenvalue weighted by Gasteiger charge is 2.34. The summed E-state index contributed by atoms with van der Waals surface area (Å²) in [5.41, 5.74) is 2.74. The minimum atomic E-state index is -4.18. The van der Waals surface area contributed by atoms with Crippen molar-refractivity contribution in [3.05, 3.63) is 24.0 Å². The maximum absolute atomic E-state index is 12.7. The Hall–Kier alpha value is -2.33. The van der Waals surface area contributed by atoms with Crippen LogP contribution in [-0.2, 0) is 11.5 Å². The van der Waals surface area contributed by atoms with Crippen LogP contribution in [0.4, 0.5) is 18.9 Å². The van der Waals surface area contributed by atoms with E-state index in [0.717, 1.165) is 48.8 Å². The molecule has 1 aliphatic carbocycles. The van der Waals surface area contributed by atoms with Crippen molar-refractivity contribution in [3.63, 3.8) is 0 Å². The predicted octanol–water partition coefficient (Wildman–Crippen LogP) is 8.18. The third-order valence-electron chi connectivity index (χ3n) is 9.16. The predicted molar refractivity (Wildman–Crippen MR) is 171 cm³/mol. The molecule has 0 radical (unpaired) electrons. The second kappa shape index (κ2) is 16.3. The number of pyridine rings is 1. The van der Waals surface area contributed by atoms with Gasteiger partial charge in [-0.25, -0.2) is 4.98 Å². The van der Waals surface area contributed by atoms with Crippen LogP contribution in [0.1, 0.15) is 121 Å². The first-order valence-corrected chi connectivity index (χ1v) is 16.9. The molecule has 4 rings (SSSR count). The number of hydrogen-bond donors (Lipinski definition) is 2. The number of anilines is 1. The van der Waals surface area contributed by atoms with Crippen LogP contribution in [-0.4, -0.2) is 54.0 Å². The summed E-state index contributed by atoms with van der Waals surface area (Å²) in [5, 5.41) is 6.48. The van der Waals surface area contributed by atoms with Gasteiger partial charge in [0.1, 0.15) is 12.4 Å². The van der Waals surface area contributed by atoms with E-state index in [-0.39, 0.29) is 17.9 Å². The Morgan fingerprint density at radius 3 is 2.30 bits per heavy atom. The zero-order valence-corrected chi connectivity index (χ0v) is 27.1. The number of fused-ring (bicyclic) bond motifs is 3. The van der Waals surface area contributed by atoms with Gasteiger partial charge in [0, 0.05) is 30.4 Å². The number of halogens is 3. The summed E-state index contributed by atoms with van der Waals surface area (Å²) in [6.07, 6.45) is 15.8. The highest BCUT2D eigenvalue weighted by molar-refractivity contribution is 6.08. The molecule has 1 aliphatic heterocycles. The normalized spacial score (nSPS) is 19.4. The summed E-state index contributed by atoms with van der Waals surface area (Å²) in [6, 6.07) is 2.23. The molecule has 1 fully saturated rings. The van der Waals surface area contributed by atoms with Crippen molar-refractivity contribution in [2.45, 2.75) is 130 Å². The second-order valence-electron chi connectivity index (χ2n) is 14.1. The summed E-state index contributed by atoms with van der Waals surface area (Å²) in [5.74, 6) is 0.108. The van der Waals surface area contributed by atoms with E-state index in [1.165, 1.54) is 57.8 Å². The van der Waals surface area contributed by atoms with Crippen molar-refractivity contribution in [1.82, 2.24) is 20.2 Å². The topological polar surface area (TPSA) is 71.4 Å². The summed E-state index contributed by atoms with van der Waals surface area (Å²) in [4.78, 5) is 19.6. The quantitative estimate of drug-likeness (QED) is 0.174. The fourth-order valence-corrected chi connectivity index (χ4v) is 6.69. The number of nitrogens with zero attached hydrogens (tertiary/aromatic N) is 3. The van der Waals surface area contributed by atoms with E-state index in [4.69, 9.17) is 4.74 Å². The summed E-state index contributed by atoms with van der Waals surface area (Å²) in [7, 11) is 0. The molecular weight excluding hydrogens is 567 g/mol. The van der Waals surface area contributed by atoms with Crippen molar-refractivity contribution in [2.24, 2.45) is 11.3 Å². The molecule has 2 aromatic rings. The molecule has 0 unspecified atom stereocenters. The average Bonchev–Trinajstić information content (AvgIpc) is 3.38. The van der Waals surface area contributed by atoms with Crippen LogP contribution in [0, 0.1) is 11.3 Å². The first-order chi connectivity index (χ1) is 21.0. The maximum atomic E-state index is 12.7. The monoisotopic (exact) mass is 621 g/mol. The third kappa shape index (κ3) is 10.6. The van der Waals surface area contributed by atoms with E-state index in [2.05, 4.69) is 41.3 Å². The minimum Gasteiger partial charge on any atom is -0.361 e. The van der Waals surface area contributed by atoms with Crippen molar-refractivity contribution in [3.8, 4) is 0 Å². The first-order valence-electron chi connectivity index (χ1n) is 16.9. The maximum Gasteiger partial charge on any atom is 0.401 e. The largest absolute Gasteiger partial charge is 0.401 e. The molecule has 0 aromatic carbocycles. The second-order valence-corrected chi connectivity index (χ2v) is 14.1. The minimum absolute atomic E-state index is 0.125. The molecule has 0 saturated heterocycles. The molecule has 0 atom stereocenters. The fraction of sp³-hybridized carbons (Fsp3) is 0.765. The molecule has 3 heterocycles. The Balaban J connectivity index is 1.19. The molecule has 2 aliphatic rings. The number of unbranched alkanes of at least 4 members (excludes halogenated alkanes) is 8. The van der Waals surface area contributed by atoms with Gasteiger partial charge in [-0.15, -0.1) is 0 Å². The number of alkyl halides is 3. The Kier molecular flexibility index (Phi) is 12.8. The van der Waals surface area contributed by atoms with E-state index in [1.807, 2.05) is 16.8 Å². The van der Waals surface area contributed by atoms with Gasteiger partial charge in [-0.2, -0.15) is 13.2 Å². The lowest BCUT2D eigenvalue weighted by Crippen LogP contribution is -2.50. The lowest BCUT2D eigenvalue weighted by Gasteiger charge is -2.41. The van der Waals surface area contributed by atoms with Crippen LogP contribution in [0.3, 0.4) is 0 Å². The highest BCUT2D eigenvalue weighted by Crippen LogP contribution is 2.37. The fourth-order valence-electron chi connectivity index (χ4n) is 6.69. The van der Waals surface area contributed by atoms with Crippen LogP contribution in [0.15, 0.2) is 18.5 Å². The van der Waals surface area contributed by atoms with Crippen LogP contribution in [0.2, 0.25) is 0 Å². The standard InChI is InChI=1S/C34H54F3N5O2/c1-33(2,3)18-11-9-7-5-4-6-8-10-12-20-44-25-41-19-17-28-30-29(22-39-31(28)41)32(43)40-24-42(30)27-15-13-26(14-16-27)21-38-23-34(35,36)37/h17,19,22,26-27,38H,4-16,18,20-21,23-25H2,1-3H3,(H,40,43). The number of aromatic nitrogens is 2. The highest BCUT2D eigenvalue weighted by atomic mass is 19.4. The van der Waals surface area contributed by atoms with Gasteiger partial charge >= 0.3 is 6.18 Å². The third-order valence-corrected chi connectivity index (χ3v) is 9.16. The van der Waals surface area contributed by atoms with Gasteiger partial charge in [0.2, 0.25) is 0 Å². The summed E-state index contributed by atoms with van der Waals surface area (Å²) in [6.45, 7) is 7.96. The number of hydrogen-bond acceptors (Lipinski definition) is 5. The Bertz CT molecular complexity index is 1170. The Morgan fingerprint density at radius 2 is 1.64 bits per heavy atom. The molecule has 248 valence electrons. The van der Waals surface area contributed by atoms with Crippen LogP contribution >= 0.6 is 0 Å². The number of carbonyl (C=O) groups is 1. The van der Waals surface area contributed by atoms with E-state index < -0.39 is 12.7 Å². The van der Waals surface area contributed by atoms with Gasteiger partial charge in [0.15, 0.2) is 0 Å².